The van der Waals surface area contributed by atoms with Crippen molar-refractivity contribution in [3.05, 3.63) is 66.2 Å². The monoisotopic (exact) mass is 493 g/mol. The van der Waals surface area contributed by atoms with E-state index in [-0.39, 0.29) is 35.7 Å². The molecule has 2 N–H and O–H groups in total. The summed E-state index contributed by atoms with van der Waals surface area (Å²) in [6.07, 6.45) is 2.17. The minimum absolute atomic E-state index is 0.172. The maximum atomic E-state index is 13.5. The average molecular weight is 494 g/mol. The third kappa shape index (κ3) is 4.89. The lowest BCUT2D eigenvalue weighted by Gasteiger charge is -2.58. The highest BCUT2D eigenvalue weighted by Gasteiger charge is 2.62. The van der Waals surface area contributed by atoms with E-state index in [0.29, 0.717) is 11.7 Å². The number of thioether (sulfide) groups is 1. The molecule has 4 unspecified atom stereocenters. The Hall–Kier alpha value is -3.00. The van der Waals surface area contributed by atoms with Crippen LogP contribution in [0.2, 0.25) is 0 Å². The highest BCUT2D eigenvalue weighted by atomic mass is 32.2. The molecule has 1 aliphatic carbocycles. The molecular weight excluding hydrogens is 462 g/mol. The fraction of sp³-hybridized carbons (Fsp3) is 0.444. The molecule has 0 radical (unpaired) electrons. The second kappa shape index (κ2) is 9.57. The van der Waals surface area contributed by atoms with Crippen molar-refractivity contribution in [1.82, 2.24) is 10.2 Å². The largest absolute Gasteiger partial charge is 0.461 e. The number of β-lactam (4-membered cyclic amide) rings is 1. The number of esters is 1. The summed E-state index contributed by atoms with van der Waals surface area (Å²) in [7, 11) is 0. The molecule has 2 aromatic carbocycles. The van der Waals surface area contributed by atoms with E-state index < -0.39 is 17.6 Å². The van der Waals surface area contributed by atoms with Gasteiger partial charge in [0.05, 0.1) is 12.0 Å². The fourth-order valence-electron chi connectivity index (χ4n) is 4.96. The molecule has 35 heavy (non-hydrogen) atoms. The molecular formula is C27H31N3O4S. The number of amides is 2. The lowest BCUT2D eigenvalue weighted by molar-refractivity contribution is -0.171. The van der Waals surface area contributed by atoms with Crippen LogP contribution in [-0.2, 0) is 25.5 Å². The lowest BCUT2D eigenvalue weighted by Crippen LogP contribution is -2.80. The lowest BCUT2D eigenvalue weighted by atomic mass is 9.87. The van der Waals surface area contributed by atoms with Crippen molar-refractivity contribution in [3.8, 4) is 0 Å². The zero-order chi connectivity index (χ0) is 24.6. The van der Waals surface area contributed by atoms with Crippen molar-refractivity contribution in [2.75, 3.05) is 11.1 Å². The molecule has 5 rings (SSSR count). The van der Waals surface area contributed by atoms with E-state index in [1.54, 1.807) is 16.7 Å². The standard InChI is InChI=1S/C27H31N3O4S/c1-17(19-13-14-19)34-26(33)23-27(2,29-20-11-7-4-8-12-20)16-35-25-22(24(32)30(23)25)28-21(31)15-18-9-5-3-6-10-18/h3-12,17,19,22-23,25,29H,13-16H2,1-2H3,(H,28,31)/t17?,22?,23?,25-,27?/m1/s1. The quantitative estimate of drug-likeness (QED) is 0.434. The van der Waals surface area contributed by atoms with Gasteiger partial charge in [-0.25, -0.2) is 4.79 Å². The van der Waals surface area contributed by atoms with Crippen LogP contribution in [0.4, 0.5) is 5.69 Å². The van der Waals surface area contributed by atoms with Gasteiger partial charge in [-0.05, 0) is 50.3 Å². The number of para-hydroxylation sites is 1. The summed E-state index contributed by atoms with van der Waals surface area (Å²) < 4.78 is 5.87. The van der Waals surface area contributed by atoms with Crippen LogP contribution in [0.25, 0.3) is 0 Å². The maximum absolute atomic E-state index is 13.5. The third-order valence-electron chi connectivity index (χ3n) is 7.05. The third-order valence-corrected chi connectivity index (χ3v) is 8.66. The van der Waals surface area contributed by atoms with Crippen molar-refractivity contribution >= 4 is 35.2 Å². The van der Waals surface area contributed by atoms with Gasteiger partial charge in [-0.15, -0.1) is 11.8 Å². The van der Waals surface area contributed by atoms with Gasteiger partial charge >= 0.3 is 5.97 Å². The Bertz CT molecular complexity index is 1090. The van der Waals surface area contributed by atoms with Crippen LogP contribution in [0.15, 0.2) is 60.7 Å². The van der Waals surface area contributed by atoms with Crippen LogP contribution in [0.3, 0.4) is 0 Å². The molecule has 0 spiro atoms. The Morgan fingerprint density at radius 3 is 2.43 bits per heavy atom. The maximum Gasteiger partial charge on any atom is 0.331 e. The number of rotatable bonds is 8. The average Bonchev–Trinajstić information content (AvgIpc) is 3.69. The molecule has 7 nitrogen and oxygen atoms in total. The van der Waals surface area contributed by atoms with Crippen LogP contribution >= 0.6 is 11.8 Å². The van der Waals surface area contributed by atoms with Gasteiger partial charge in [0.1, 0.15) is 17.5 Å². The number of hydrogen-bond acceptors (Lipinski definition) is 6. The molecule has 0 bridgehead atoms. The van der Waals surface area contributed by atoms with Gasteiger partial charge in [-0.3, -0.25) is 9.59 Å². The van der Waals surface area contributed by atoms with Crippen LogP contribution in [-0.4, -0.2) is 57.5 Å². The van der Waals surface area contributed by atoms with Crippen molar-refractivity contribution in [3.63, 3.8) is 0 Å². The predicted octanol–water partition coefficient (Wildman–Crippen LogP) is 3.21. The minimum Gasteiger partial charge on any atom is -0.461 e. The first-order chi connectivity index (χ1) is 16.9. The Morgan fingerprint density at radius 1 is 1.11 bits per heavy atom. The van der Waals surface area contributed by atoms with Crippen molar-refractivity contribution in [2.45, 2.75) is 62.2 Å². The van der Waals surface area contributed by atoms with Crippen molar-refractivity contribution in [1.29, 1.82) is 0 Å². The van der Waals surface area contributed by atoms with E-state index in [2.05, 4.69) is 10.6 Å². The molecule has 5 atom stereocenters. The van der Waals surface area contributed by atoms with Crippen LogP contribution < -0.4 is 10.6 Å². The topological polar surface area (TPSA) is 87.7 Å². The number of carbonyl (C=O) groups is 3. The van der Waals surface area contributed by atoms with Gasteiger partial charge in [0.2, 0.25) is 11.8 Å². The van der Waals surface area contributed by atoms with Gasteiger partial charge in [-0.1, -0.05) is 48.5 Å². The van der Waals surface area contributed by atoms with E-state index in [1.165, 1.54) is 0 Å². The number of ether oxygens (including phenoxy) is 1. The number of carbonyl (C=O) groups excluding carboxylic acids is 3. The highest BCUT2D eigenvalue weighted by Crippen LogP contribution is 2.44. The van der Waals surface area contributed by atoms with E-state index in [4.69, 9.17) is 4.74 Å². The second-order valence-electron chi connectivity index (χ2n) is 9.95. The van der Waals surface area contributed by atoms with Gasteiger partial charge < -0.3 is 20.3 Å². The number of fused-ring (bicyclic) bond motifs is 1. The minimum atomic E-state index is -0.787. The summed E-state index contributed by atoms with van der Waals surface area (Å²) in [6, 6.07) is 17.7. The van der Waals surface area contributed by atoms with E-state index in [9.17, 15) is 14.4 Å². The van der Waals surface area contributed by atoms with Gasteiger partial charge in [0, 0.05) is 11.4 Å². The summed E-state index contributed by atoms with van der Waals surface area (Å²) >= 11 is 1.58. The molecule has 3 aliphatic rings. The van der Waals surface area contributed by atoms with E-state index in [0.717, 1.165) is 24.1 Å². The van der Waals surface area contributed by atoms with Crippen molar-refractivity contribution in [2.24, 2.45) is 5.92 Å². The zero-order valence-electron chi connectivity index (χ0n) is 20.0. The van der Waals surface area contributed by atoms with Crippen LogP contribution in [0.1, 0.15) is 32.3 Å². The Morgan fingerprint density at radius 2 is 1.77 bits per heavy atom. The van der Waals surface area contributed by atoms with Gasteiger partial charge in [-0.2, -0.15) is 0 Å². The highest BCUT2D eigenvalue weighted by molar-refractivity contribution is 8.00. The SMILES string of the molecule is CC(OC(=O)C1N2C(=O)C(NC(=O)Cc3ccccc3)[C@H]2SCC1(C)Nc1ccccc1)C1CC1. The number of benzene rings is 2. The summed E-state index contributed by atoms with van der Waals surface area (Å²) in [5, 5.41) is 6.09. The second-order valence-corrected chi connectivity index (χ2v) is 11.1. The number of nitrogens with zero attached hydrogens (tertiary/aromatic N) is 1. The summed E-state index contributed by atoms with van der Waals surface area (Å²) in [6.45, 7) is 3.89. The zero-order valence-corrected chi connectivity index (χ0v) is 20.8. The first-order valence-electron chi connectivity index (χ1n) is 12.2. The molecule has 2 aliphatic heterocycles. The van der Waals surface area contributed by atoms with Gasteiger partial charge in [0.25, 0.3) is 0 Å². The summed E-state index contributed by atoms with van der Waals surface area (Å²) in [5.41, 5.74) is 1.04. The molecule has 184 valence electrons. The molecule has 2 heterocycles. The molecule has 8 heteroatoms. The van der Waals surface area contributed by atoms with Crippen LogP contribution in [0, 0.1) is 5.92 Å². The number of anilines is 1. The molecule has 2 aromatic rings. The summed E-state index contributed by atoms with van der Waals surface area (Å²) in [5.74, 6) is 0.151. The van der Waals surface area contributed by atoms with E-state index in [1.807, 2.05) is 74.5 Å². The Kier molecular flexibility index (Phi) is 6.49. The van der Waals surface area contributed by atoms with Crippen LogP contribution in [0.5, 0.6) is 0 Å². The molecule has 2 saturated heterocycles. The molecule has 3 fully saturated rings. The Balaban J connectivity index is 1.33. The molecule has 2 amide bonds. The predicted molar refractivity (Wildman–Crippen MR) is 136 cm³/mol. The van der Waals surface area contributed by atoms with Gasteiger partial charge in [0.15, 0.2) is 6.04 Å². The first-order valence-corrected chi connectivity index (χ1v) is 13.2. The normalized spacial score (nSPS) is 28.3. The van der Waals surface area contributed by atoms with Crippen molar-refractivity contribution < 1.29 is 19.1 Å². The number of nitrogens with one attached hydrogen (secondary N) is 2. The molecule has 0 aromatic heterocycles. The fourth-order valence-corrected chi connectivity index (χ4v) is 6.47. The first kappa shape index (κ1) is 23.7. The smallest absolute Gasteiger partial charge is 0.331 e. The molecule has 1 saturated carbocycles. The summed E-state index contributed by atoms with van der Waals surface area (Å²) in [4.78, 5) is 41.1. The Labute approximate surface area is 210 Å². The number of hydrogen-bond donors (Lipinski definition) is 2. The van der Waals surface area contributed by atoms with E-state index >= 15 is 0 Å².